The Hall–Kier alpha value is -2.23. The lowest BCUT2D eigenvalue weighted by atomic mass is 10.4. The van der Waals surface area contributed by atoms with E-state index in [1.807, 2.05) is 0 Å². The number of aromatic nitrogens is 4. The number of hydrogen-bond acceptors (Lipinski definition) is 5. The lowest BCUT2D eigenvalue weighted by Crippen LogP contribution is -2.04. The van der Waals surface area contributed by atoms with Crippen LogP contribution in [0.5, 0.6) is 0 Å². The van der Waals surface area contributed by atoms with Gasteiger partial charge in [0.15, 0.2) is 5.82 Å². The van der Waals surface area contributed by atoms with Crippen LogP contribution >= 0.6 is 11.3 Å². The maximum atomic E-state index is 12.8. The van der Waals surface area contributed by atoms with Crippen molar-refractivity contribution in [1.82, 2.24) is 19.9 Å². The number of thiophene rings is 1. The van der Waals surface area contributed by atoms with Crippen molar-refractivity contribution in [1.29, 1.82) is 0 Å². The predicted molar refractivity (Wildman–Crippen MR) is 63.9 cm³/mol. The van der Waals surface area contributed by atoms with Crippen LogP contribution in [-0.4, -0.2) is 19.9 Å². The molecule has 0 bridgehead atoms. The van der Waals surface area contributed by atoms with Crippen molar-refractivity contribution < 1.29 is 22.1 Å². The van der Waals surface area contributed by atoms with E-state index in [-0.39, 0.29) is 5.82 Å². The first-order valence-corrected chi connectivity index (χ1v) is 6.41. The minimum Gasteiger partial charge on any atom is -0.329 e. The number of alkyl halides is 3. The molecule has 3 aromatic heterocycles. The summed E-state index contributed by atoms with van der Waals surface area (Å²) in [4.78, 5) is 4.50. The molecule has 0 aliphatic rings. The average Bonchev–Trinajstić information content (AvgIpc) is 3.08. The van der Waals surface area contributed by atoms with Gasteiger partial charge in [-0.3, -0.25) is 4.68 Å². The zero-order valence-electron chi connectivity index (χ0n) is 10.1. The normalized spacial score (nSPS) is 12.0. The molecule has 0 unspecified atom stereocenters. The van der Waals surface area contributed by atoms with E-state index in [9.17, 15) is 17.6 Å². The van der Waals surface area contributed by atoms with E-state index in [2.05, 4.69) is 19.8 Å². The third kappa shape index (κ3) is 2.94. The Morgan fingerprint density at radius 1 is 1.29 bits per heavy atom. The summed E-state index contributed by atoms with van der Waals surface area (Å²) in [5, 5.41) is 7.08. The Morgan fingerprint density at radius 3 is 2.71 bits per heavy atom. The van der Waals surface area contributed by atoms with Gasteiger partial charge in [-0.25, -0.2) is 4.39 Å². The average molecular weight is 318 g/mol. The molecule has 0 N–H and O–H groups in total. The van der Waals surface area contributed by atoms with Gasteiger partial charge < -0.3 is 4.52 Å². The summed E-state index contributed by atoms with van der Waals surface area (Å²) in [6.07, 6.45) is -2.38. The molecule has 5 nitrogen and oxygen atoms in total. The van der Waals surface area contributed by atoms with Gasteiger partial charge >= 0.3 is 12.1 Å². The fourth-order valence-electron chi connectivity index (χ4n) is 1.61. The van der Waals surface area contributed by atoms with Gasteiger partial charge in [-0.15, -0.1) is 11.3 Å². The van der Waals surface area contributed by atoms with Crippen molar-refractivity contribution in [3.8, 4) is 10.7 Å². The summed E-state index contributed by atoms with van der Waals surface area (Å²) in [5.74, 6) is -1.98. The summed E-state index contributed by atoms with van der Waals surface area (Å²) >= 11 is 1.18. The van der Waals surface area contributed by atoms with Crippen molar-refractivity contribution in [3.05, 3.63) is 41.1 Å². The lowest BCUT2D eigenvalue weighted by molar-refractivity contribution is -0.159. The van der Waals surface area contributed by atoms with E-state index < -0.39 is 17.9 Å². The molecule has 0 aliphatic heterocycles. The Labute approximate surface area is 118 Å². The van der Waals surface area contributed by atoms with E-state index in [1.54, 1.807) is 12.1 Å². The second kappa shape index (κ2) is 4.95. The van der Waals surface area contributed by atoms with E-state index in [0.717, 1.165) is 11.1 Å². The number of nitrogens with zero attached hydrogens (tertiary/aromatic N) is 4. The van der Waals surface area contributed by atoms with Gasteiger partial charge in [0.2, 0.25) is 5.82 Å². The molecule has 3 heterocycles. The minimum absolute atomic E-state index is 0.134. The van der Waals surface area contributed by atoms with Gasteiger partial charge in [-0.1, -0.05) is 5.16 Å². The quantitative estimate of drug-likeness (QED) is 0.696. The summed E-state index contributed by atoms with van der Waals surface area (Å²) in [7, 11) is 0. The van der Waals surface area contributed by atoms with Crippen molar-refractivity contribution in [2.75, 3.05) is 0 Å². The minimum atomic E-state index is -4.67. The molecular weight excluding hydrogens is 312 g/mol. The monoisotopic (exact) mass is 318 g/mol. The van der Waals surface area contributed by atoms with E-state index in [1.165, 1.54) is 22.2 Å². The molecule has 0 aromatic carbocycles. The molecule has 0 saturated carbocycles. The summed E-state index contributed by atoms with van der Waals surface area (Å²) < 4.78 is 55.5. The molecule has 10 heteroatoms. The zero-order valence-corrected chi connectivity index (χ0v) is 11.0. The van der Waals surface area contributed by atoms with Crippen molar-refractivity contribution in [2.45, 2.75) is 12.7 Å². The predicted octanol–water partition coefficient (Wildman–Crippen LogP) is 3.20. The Bertz CT molecular complexity index is 760. The van der Waals surface area contributed by atoms with E-state index >= 15 is 0 Å². The third-order valence-electron chi connectivity index (χ3n) is 2.47. The maximum Gasteiger partial charge on any atom is 0.471 e. The van der Waals surface area contributed by atoms with Crippen LogP contribution < -0.4 is 0 Å². The molecule has 0 fully saturated rings. The van der Waals surface area contributed by atoms with Crippen molar-refractivity contribution in [3.63, 3.8) is 0 Å². The van der Waals surface area contributed by atoms with Crippen LogP contribution in [-0.2, 0) is 12.7 Å². The highest BCUT2D eigenvalue weighted by molar-refractivity contribution is 7.15. The first kappa shape index (κ1) is 13.7. The Morgan fingerprint density at radius 2 is 2.10 bits per heavy atom. The molecule has 0 atom stereocenters. The smallest absolute Gasteiger partial charge is 0.329 e. The third-order valence-corrected chi connectivity index (χ3v) is 3.54. The summed E-state index contributed by atoms with van der Waals surface area (Å²) in [6, 6.07) is 3.26. The molecule has 3 aromatic rings. The second-order valence-corrected chi connectivity index (χ2v) is 5.21. The van der Waals surface area contributed by atoms with Crippen LogP contribution in [0.2, 0.25) is 0 Å². The Kier molecular flexibility index (Phi) is 3.24. The molecule has 0 aliphatic carbocycles. The molecule has 0 saturated heterocycles. The van der Waals surface area contributed by atoms with Crippen LogP contribution in [0.1, 0.15) is 10.8 Å². The van der Waals surface area contributed by atoms with E-state index in [4.69, 9.17) is 0 Å². The highest BCUT2D eigenvalue weighted by Crippen LogP contribution is 2.31. The van der Waals surface area contributed by atoms with Crippen molar-refractivity contribution >= 4 is 11.3 Å². The molecule has 0 amide bonds. The summed E-state index contributed by atoms with van der Waals surface area (Å²) in [5.41, 5.74) is 0. The van der Waals surface area contributed by atoms with Crippen LogP contribution in [0, 0.1) is 5.82 Å². The highest BCUT2D eigenvalue weighted by Gasteiger charge is 2.38. The molecular formula is C11H6F4N4OS. The van der Waals surface area contributed by atoms with Crippen molar-refractivity contribution in [2.24, 2.45) is 0 Å². The van der Waals surface area contributed by atoms with Gasteiger partial charge in [0.25, 0.3) is 0 Å². The molecule has 0 radical (unpaired) electrons. The molecule has 3 rings (SSSR count). The van der Waals surface area contributed by atoms with Crippen LogP contribution in [0.25, 0.3) is 10.7 Å². The molecule has 0 spiro atoms. The number of halogens is 4. The SMILES string of the molecule is Fc1cnn(Cc2ccc(-c3noc(C(F)(F)F)n3)s2)c1. The van der Waals surface area contributed by atoms with Gasteiger partial charge in [0, 0.05) is 4.88 Å². The van der Waals surface area contributed by atoms with Gasteiger partial charge in [-0.05, 0) is 12.1 Å². The highest BCUT2D eigenvalue weighted by atomic mass is 32.1. The first-order chi connectivity index (χ1) is 9.91. The maximum absolute atomic E-state index is 12.8. The van der Waals surface area contributed by atoms with E-state index in [0.29, 0.717) is 11.4 Å². The number of hydrogen-bond donors (Lipinski definition) is 0. The zero-order chi connectivity index (χ0) is 15.0. The standard InChI is InChI=1S/C11H6F4N4OS/c12-6-3-16-19(4-6)5-7-1-2-8(21-7)9-17-10(20-18-9)11(13,14)15/h1-4H,5H2. The van der Waals surface area contributed by atoms with Crippen LogP contribution in [0.4, 0.5) is 17.6 Å². The van der Waals surface area contributed by atoms with Gasteiger partial charge in [0.05, 0.1) is 23.8 Å². The lowest BCUT2D eigenvalue weighted by Gasteiger charge is -1.96. The Balaban J connectivity index is 1.80. The first-order valence-electron chi connectivity index (χ1n) is 5.60. The fourth-order valence-corrected chi connectivity index (χ4v) is 2.53. The molecule has 21 heavy (non-hydrogen) atoms. The number of rotatable bonds is 3. The molecule has 110 valence electrons. The largest absolute Gasteiger partial charge is 0.471 e. The topological polar surface area (TPSA) is 56.7 Å². The fraction of sp³-hybridized carbons (Fsp3) is 0.182. The second-order valence-electron chi connectivity index (χ2n) is 4.04. The van der Waals surface area contributed by atoms with Crippen LogP contribution in [0.15, 0.2) is 29.0 Å². The van der Waals surface area contributed by atoms with Gasteiger partial charge in [-0.2, -0.15) is 23.3 Å². The van der Waals surface area contributed by atoms with Gasteiger partial charge in [0.1, 0.15) is 0 Å². The van der Waals surface area contributed by atoms with Crippen LogP contribution in [0.3, 0.4) is 0 Å². The summed E-state index contributed by atoms with van der Waals surface area (Å²) in [6.45, 7) is 0.304.